The van der Waals surface area contributed by atoms with Gasteiger partial charge in [0.2, 0.25) is 0 Å². The van der Waals surface area contributed by atoms with Crippen LogP contribution in [-0.2, 0) is 28.6 Å². The van der Waals surface area contributed by atoms with E-state index in [1.807, 2.05) is 20.8 Å². The van der Waals surface area contributed by atoms with Crippen LogP contribution in [0.2, 0.25) is 0 Å². The SMILES string of the molecule is CCCC[C@H]1C(=O)O[C@H](C)[C@H](NC(=O)c2cccc(N)c2O)C(=O)O[C@@H](C)[C@@H]1OC(=O)CC(C)C. The van der Waals surface area contributed by atoms with Crippen LogP contribution in [0.25, 0.3) is 0 Å². The normalized spacial score (nSPS) is 25.0. The maximum atomic E-state index is 13.2. The number of amides is 1. The monoisotopic (exact) mass is 492 g/mol. The summed E-state index contributed by atoms with van der Waals surface area (Å²) in [4.78, 5) is 51.4. The molecule has 35 heavy (non-hydrogen) atoms. The van der Waals surface area contributed by atoms with Crippen LogP contribution in [-0.4, -0.2) is 53.3 Å². The van der Waals surface area contributed by atoms with Gasteiger partial charge >= 0.3 is 17.9 Å². The Labute approximate surface area is 205 Å². The minimum Gasteiger partial charge on any atom is -0.505 e. The Bertz CT molecular complexity index is 932. The average molecular weight is 493 g/mol. The molecule has 0 radical (unpaired) electrons. The van der Waals surface area contributed by atoms with Gasteiger partial charge in [0.05, 0.1) is 17.2 Å². The zero-order valence-electron chi connectivity index (χ0n) is 20.9. The molecule has 1 aliphatic heterocycles. The highest BCUT2D eigenvalue weighted by atomic mass is 16.6. The van der Waals surface area contributed by atoms with Crippen molar-refractivity contribution in [2.45, 2.75) is 84.7 Å². The Morgan fingerprint density at radius 2 is 1.80 bits per heavy atom. The van der Waals surface area contributed by atoms with Crippen LogP contribution in [0.4, 0.5) is 5.69 Å². The first-order valence-corrected chi connectivity index (χ1v) is 11.9. The smallest absolute Gasteiger partial charge is 0.332 e. The van der Waals surface area contributed by atoms with Crippen LogP contribution in [0.15, 0.2) is 18.2 Å². The van der Waals surface area contributed by atoms with Crippen LogP contribution in [0, 0.1) is 11.8 Å². The van der Waals surface area contributed by atoms with E-state index < -0.39 is 59.8 Å². The molecule has 0 bridgehead atoms. The number of carbonyl (C=O) groups excluding carboxylic acids is 4. The van der Waals surface area contributed by atoms with Crippen LogP contribution < -0.4 is 11.1 Å². The summed E-state index contributed by atoms with van der Waals surface area (Å²) in [5.74, 6) is -4.05. The van der Waals surface area contributed by atoms with Gasteiger partial charge in [-0.15, -0.1) is 0 Å². The number of nitrogen functional groups attached to an aromatic ring is 1. The number of nitrogens with two attached hydrogens (primary N) is 1. The zero-order valence-corrected chi connectivity index (χ0v) is 20.9. The lowest BCUT2D eigenvalue weighted by atomic mass is 9.92. The number of benzene rings is 1. The van der Waals surface area contributed by atoms with Crippen LogP contribution in [0.5, 0.6) is 5.75 Å². The number of rotatable bonds is 8. The molecule has 1 amide bonds. The first-order valence-electron chi connectivity index (χ1n) is 11.9. The third-order valence-electron chi connectivity index (χ3n) is 5.80. The van der Waals surface area contributed by atoms with Crippen molar-refractivity contribution in [1.82, 2.24) is 5.32 Å². The summed E-state index contributed by atoms with van der Waals surface area (Å²) in [6.07, 6.45) is -1.13. The third kappa shape index (κ3) is 7.34. The van der Waals surface area contributed by atoms with Gasteiger partial charge in [-0.25, -0.2) is 4.79 Å². The number of unbranched alkanes of at least 4 members (excludes halogenated alkanes) is 1. The van der Waals surface area contributed by atoms with Gasteiger partial charge < -0.3 is 30.4 Å². The summed E-state index contributed by atoms with van der Waals surface area (Å²) in [6.45, 7) is 8.68. The molecule has 0 aliphatic carbocycles. The molecule has 1 aromatic rings. The molecule has 0 aromatic heterocycles. The summed E-state index contributed by atoms with van der Waals surface area (Å²) in [5, 5.41) is 12.6. The largest absolute Gasteiger partial charge is 0.505 e. The molecule has 1 fully saturated rings. The average Bonchev–Trinajstić information content (AvgIpc) is 2.79. The van der Waals surface area contributed by atoms with Gasteiger partial charge in [0, 0.05) is 6.42 Å². The number of phenolic OH excluding ortho intramolecular Hbond substituents is 1. The van der Waals surface area contributed by atoms with E-state index >= 15 is 0 Å². The Morgan fingerprint density at radius 1 is 1.14 bits per heavy atom. The van der Waals surface area contributed by atoms with E-state index in [0.29, 0.717) is 12.8 Å². The maximum Gasteiger partial charge on any atom is 0.332 e. The number of hydrogen-bond acceptors (Lipinski definition) is 9. The number of ether oxygens (including phenoxy) is 3. The fourth-order valence-electron chi connectivity index (χ4n) is 3.87. The quantitative estimate of drug-likeness (QED) is 0.215. The Balaban J connectivity index is 2.33. The second kappa shape index (κ2) is 12.4. The Kier molecular flexibility index (Phi) is 9.91. The highest BCUT2D eigenvalue weighted by Crippen LogP contribution is 2.28. The van der Waals surface area contributed by atoms with Crippen LogP contribution in [0.1, 0.15) is 70.7 Å². The molecule has 1 heterocycles. The number of phenols is 1. The molecular formula is C25H36N2O8. The fourth-order valence-corrected chi connectivity index (χ4v) is 3.87. The number of nitrogens with one attached hydrogen (secondary N) is 1. The van der Waals surface area contributed by atoms with Crippen LogP contribution >= 0.6 is 0 Å². The maximum absolute atomic E-state index is 13.2. The molecule has 1 aliphatic rings. The second-order valence-electron chi connectivity index (χ2n) is 9.28. The molecule has 194 valence electrons. The molecule has 1 aromatic carbocycles. The first kappa shape index (κ1) is 27.9. The number of esters is 3. The summed E-state index contributed by atoms with van der Waals surface area (Å²) < 4.78 is 16.8. The van der Waals surface area contributed by atoms with Crippen molar-refractivity contribution < 1.29 is 38.5 Å². The van der Waals surface area contributed by atoms with Crippen molar-refractivity contribution in [2.24, 2.45) is 11.8 Å². The van der Waals surface area contributed by atoms with E-state index in [-0.39, 0.29) is 23.6 Å². The van der Waals surface area contributed by atoms with Crippen molar-refractivity contribution >= 4 is 29.5 Å². The Morgan fingerprint density at radius 3 is 2.43 bits per heavy atom. The lowest BCUT2D eigenvalue weighted by Crippen LogP contribution is -2.50. The minimum absolute atomic E-state index is 0.00684. The van der Waals surface area contributed by atoms with E-state index in [1.54, 1.807) is 0 Å². The van der Waals surface area contributed by atoms with Gasteiger partial charge in [0.1, 0.15) is 12.2 Å². The number of anilines is 1. The predicted molar refractivity (Wildman–Crippen MR) is 127 cm³/mol. The van der Waals surface area contributed by atoms with E-state index in [0.717, 1.165) is 6.42 Å². The van der Waals surface area contributed by atoms with Crippen molar-refractivity contribution in [3.63, 3.8) is 0 Å². The highest BCUT2D eigenvalue weighted by molar-refractivity contribution is 6.00. The molecule has 4 N–H and O–H groups in total. The van der Waals surface area contributed by atoms with Crippen molar-refractivity contribution in [3.8, 4) is 5.75 Å². The summed E-state index contributed by atoms with van der Waals surface area (Å²) in [7, 11) is 0. The summed E-state index contributed by atoms with van der Waals surface area (Å²) in [5.41, 5.74) is 5.50. The summed E-state index contributed by atoms with van der Waals surface area (Å²) >= 11 is 0. The fraction of sp³-hybridized carbons (Fsp3) is 0.600. The van der Waals surface area contributed by atoms with Crippen molar-refractivity contribution in [2.75, 3.05) is 5.73 Å². The third-order valence-corrected chi connectivity index (χ3v) is 5.80. The first-order chi connectivity index (χ1) is 16.5. The topological polar surface area (TPSA) is 154 Å². The molecular weight excluding hydrogens is 456 g/mol. The van der Waals surface area contributed by atoms with E-state index in [2.05, 4.69) is 5.32 Å². The van der Waals surface area contributed by atoms with Gasteiger partial charge in [0.15, 0.2) is 17.9 Å². The number of cyclic esters (lactones) is 2. The van der Waals surface area contributed by atoms with Gasteiger partial charge in [-0.3, -0.25) is 14.4 Å². The standard InChI is InChI=1S/C25H36N2O8/c1-6-7-9-17-22(35-19(28)12-13(2)3)15(5)34-25(32)20(14(4)33-24(17)31)27-23(30)16-10-8-11-18(26)21(16)29/h8,10-11,13-15,17,20,22,29H,6-7,9,12,26H2,1-5H3,(H,27,30)/t14-,15+,17-,20+,22+/m1/s1. The Hall–Kier alpha value is -3.30. The number of para-hydroxylation sites is 1. The number of carbonyl (C=O) groups is 4. The van der Waals surface area contributed by atoms with Gasteiger partial charge in [-0.05, 0) is 38.3 Å². The van der Waals surface area contributed by atoms with E-state index in [1.165, 1.54) is 32.0 Å². The van der Waals surface area contributed by atoms with E-state index in [4.69, 9.17) is 19.9 Å². The van der Waals surface area contributed by atoms with Gasteiger partial charge in [-0.2, -0.15) is 0 Å². The van der Waals surface area contributed by atoms with Crippen molar-refractivity contribution in [3.05, 3.63) is 23.8 Å². The number of aromatic hydroxyl groups is 1. The van der Waals surface area contributed by atoms with Gasteiger partial charge in [-0.1, -0.05) is 39.7 Å². The van der Waals surface area contributed by atoms with Crippen molar-refractivity contribution in [1.29, 1.82) is 0 Å². The molecule has 2 rings (SSSR count). The zero-order chi connectivity index (χ0) is 26.3. The number of hydrogen-bond donors (Lipinski definition) is 3. The van der Waals surface area contributed by atoms with E-state index in [9.17, 15) is 24.3 Å². The molecule has 1 saturated heterocycles. The molecule has 0 spiro atoms. The predicted octanol–water partition coefficient (Wildman–Crippen LogP) is 2.71. The summed E-state index contributed by atoms with van der Waals surface area (Å²) in [6, 6.07) is 2.87. The van der Waals surface area contributed by atoms with Gasteiger partial charge in [0.25, 0.3) is 5.91 Å². The van der Waals surface area contributed by atoms with Crippen LogP contribution in [0.3, 0.4) is 0 Å². The highest BCUT2D eigenvalue weighted by Gasteiger charge is 2.43. The lowest BCUT2D eigenvalue weighted by molar-refractivity contribution is -0.175. The molecule has 10 nitrogen and oxygen atoms in total. The molecule has 10 heteroatoms. The lowest BCUT2D eigenvalue weighted by Gasteiger charge is -2.29. The molecule has 5 atom stereocenters. The second-order valence-corrected chi connectivity index (χ2v) is 9.28. The molecule has 0 unspecified atom stereocenters. The minimum atomic E-state index is -1.37. The molecule has 0 saturated carbocycles.